The molecule has 0 N–H and O–H groups in total. The molecule has 1 spiro atoms. The summed E-state index contributed by atoms with van der Waals surface area (Å²) < 4.78 is 0. The average molecular weight is 357 g/mol. The maximum absolute atomic E-state index is 4.83. The Morgan fingerprint density at radius 3 is 2.67 bits per heavy atom. The van der Waals surface area contributed by atoms with Crippen molar-refractivity contribution in [2.75, 3.05) is 24.5 Å². The lowest BCUT2D eigenvalue weighted by atomic mass is 9.85. The van der Waals surface area contributed by atoms with Crippen LogP contribution in [0.15, 0.2) is 67.3 Å². The summed E-state index contributed by atoms with van der Waals surface area (Å²) in [5.74, 6) is 0. The highest BCUT2D eigenvalue weighted by atomic mass is 15.2. The number of pyridine rings is 3. The molecule has 1 atom stereocenters. The van der Waals surface area contributed by atoms with Gasteiger partial charge in [-0.3, -0.25) is 19.9 Å². The van der Waals surface area contributed by atoms with Crippen molar-refractivity contribution in [3.8, 4) is 0 Å². The molecule has 5 heterocycles. The minimum Gasteiger partial charge on any atom is -0.365 e. The van der Waals surface area contributed by atoms with Crippen LogP contribution < -0.4 is 4.90 Å². The zero-order valence-electron chi connectivity index (χ0n) is 15.3. The van der Waals surface area contributed by atoms with Crippen molar-refractivity contribution >= 4 is 5.69 Å². The molecule has 5 rings (SSSR count). The van der Waals surface area contributed by atoms with E-state index in [2.05, 4.69) is 50.1 Å². The van der Waals surface area contributed by atoms with Gasteiger partial charge in [0.05, 0.1) is 17.1 Å². The maximum atomic E-state index is 4.83. The van der Waals surface area contributed by atoms with E-state index in [4.69, 9.17) is 4.98 Å². The Labute approximate surface area is 159 Å². The molecule has 3 aromatic rings. The summed E-state index contributed by atoms with van der Waals surface area (Å²) in [7, 11) is 0. The first-order valence-corrected chi connectivity index (χ1v) is 9.54. The Morgan fingerprint density at radius 1 is 0.889 bits per heavy atom. The predicted octanol–water partition coefficient (Wildman–Crippen LogP) is 3.04. The fourth-order valence-electron chi connectivity index (χ4n) is 4.58. The van der Waals surface area contributed by atoms with E-state index in [0.29, 0.717) is 0 Å². The third-order valence-corrected chi connectivity index (χ3v) is 5.76. The van der Waals surface area contributed by atoms with E-state index in [1.54, 1.807) is 0 Å². The molecule has 2 aliphatic rings. The first kappa shape index (κ1) is 16.4. The molecule has 0 amide bonds. The highest BCUT2D eigenvalue weighted by Crippen LogP contribution is 2.45. The van der Waals surface area contributed by atoms with Gasteiger partial charge in [-0.2, -0.15) is 0 Å². The lowest BCUT2D eigenvalue weighted by molar-refractivity contribution is 0.302. The fourth-order valence-corrected chi connectivity index (χ4v) is 4.58. The maximum Gasteiger partial charge on any atom is 0.0729 e. The Kier molecular flexibility index (Phi) is 4.09. The van der Waals surface area contributed by atoms with E-state index in [-0.39, 0.29) is 5.41 Å². The summed E-state index contributed by atoms with van der Waals surface area (Å²) in [6.07, 6.45) is 8.76. The van der Waals surface area contributed by atoms with Gasteiger partial charge in [-0.1, -0.05) is 12.1 Å². The minimum atomic E-state index is 0.119. The average Bonchev–Trinajstić information content (AvgIpc) is 3.25. The Morgan fingerprint density at radius 2 is 1.81 bits per heavy atom. The van der Waals surface area contributed by atoms with Crippen LogP contribution in [-0.2, 0) is 18.5 Å². The standard InChI is InChI=1S/C22H23N5/c1-2-10-24-19(6-1)15-26-12-8-22(16-26)17-27(14-18-5-3-9-23-13-18)20-7-4-11-25-21(20)22/h1-7,9-11,13H,8,12,14-17H2. The van der Waals surface area contributed by atoms with Crippen LogP contribution in [0.2, 0.25) is 0 Å². The Hall–Kier alpha value is -2.79. The third kappa shape index (κ3) is 3.08. The quantitative estimate of drug-likeness (QED) is 0.718. The third-order valence-electron chi connectivity index (χ3n) is 5.76. The summed E-state index contributed by atoms with van der Waals surface area (Å²) >= 11 is 0. The van der Waals surface area contributed by atoms with Crippen LogP contribution in [0.25, 0.3) is 0 Å². The minimum absolute atomic E-state index is 0.119. The second-order valence-corrected chi connectivity index (χ2v) is 7.65. The number of rotatable bonds is 4. The molecule has 3 aromatic heterocycles. The highest BCUT2D eigenvalue weighted by molar-refractivity contribution is 5.60. The van der Waals surface area contributed by atoms with Gasteiger partial charge in [-0.15, -0.1) is 0 Å². The molecule has 5 heteroatoms. The van der Waals surface area contributed by atoms with Gasteiger partial charge in [-0.25, -0.2) is 0 Å². The van der Waals surface area contributed by atoms with Gasteiger partial charge in [-0.05, 0) is 48.9 Å². The van der Waals surface area contributed by atoms with E-state index in [1.807, 2.05) is 36.9 Å². The molecule has 0 bridgehead atoms. The van der Waals surface area contributed by atoms with Gasteiger partial charge in [0.15, 0.2) is 0 Å². The summed E-state index contributed by atoms with van der Waals surface area (Å²) in [4.78, 5) is 18.6. The highest BCUT2D eigenvalue weighted by Gasteiger charge is 2.48. The van der Waals surface area contributed by atoms with Crippen molar-refractivity contribution < 1.29 is 0 Å². The van der Waals surface area contributed by atoms with Crippen LogP contribution in [0.3, 0.4) is 0 Å². The van der Waals surface area contributed by atoms with Crippen LogP contribution in [0.5, 0.6) is 0 Å². The Balaban J connectivity index is 1.39. The van der Waals surface area contributed by atoms with E-state index < -0.39 is 0 Å². The second kappa shape index (κ2) is 6.74. The van der Waals surface area contributed by atoms with Crippen molar-refractivity contribution in [2.24, 2.45) is 0 Å². The molecule has 27 heavy (non-hydrogen) atoms. The van der Waals surface area contributed by atoms with Gasteiger partial charge >= 0.3 is 0 Å². The molecule has 0 aromatic carbocycles. The van der Waals surface area contributed by atoms with Gasteiger partial charge in [0.1, 0.15) is 0 Å². The van der Waals surface area contributed by atoms with Crippen molar-refractivity contribution in [1.29, 1.82) is 0 Å². The number of anilines is 1. The van der Waals surface area contributed by atoms with E-state index in [9.17, 15) is 0 Å². The van der Waals surface area contributed by atoms with Crippen LogP contribution in [0, 0.1) is 0 Å². The van der Waals surface area contributed by atoms with Gasteiger partial charge in [0, 0.05) is 56.4 Å². The molecule has 5 nitrogen and oxygen atoms in total. The van der Waals surface area contributed by atoms with Crippen molar-refractivity contribution in [1.82, 2.24) is 19.9 Å². The first-order valence-electron chi connectivity index (χ1n) is 9.54. The Bertz CT molecular complexity index is 914. The lowest BCUT2D eigenvalue weighted by Gasteiger charge is -2.26. The molecule has 1 saturated heterocycles. The lowest BCUT2D eigenvalue weighted by Crippen LogP contribution is -2.36. The van der Waals surface area contributed by atoms with Crippen molar-refractivity contribution in [2.45, 2.75) is 24.9 Å². The number of aromatic nitrogens is 3. The number of hydrogen-bond acceptors (Lipinski definition) is 5. The van der Waals surface area contributed by atoms with Crippen molar-refractivity contribution in [3.05, 3.63) is 84.2 Å². The smallest absolute Gasteiger partial charge is 0.0729 e. The summed E-state index contributed by atoms with van der Waals surface area (Å²) in [6, 6.07) is 14.6. The monoisotopic (exact) mass is 357 g/mol. The molecular weight excluding hydrogens is 334 g/mol. The van der Waals surface area contributed by atoms with Crippen molar-refractivity contribution in [3.63, 3.8) is 0 Å². The largest absolute Gasteiger partial charge is 0.365 e. The molecule has 1 fully saturated rings. The predicted molar refractivity (Wildman–Crippen MR) is 105 cm³/mol. The van der Waals surface area contributed by atoms with Gasteiger partial charge in [0.25, 0.3) is 0 Å². The summed E-state index contributed by atoms with van der Waals surface area (Å²) in [5, 5.41) is 0. The van der Waals surface area contributed by atoms with E-state index >= 15 is 0 Å². The van der Waals surface area contributed by atoms with Crippen LogP contribution in [-0.4, -0.2) is 39.5 Å². The summed E-state index contributed by atoms with van der Waals surface area (Å²) in [5.41, 5.74) is 5.04. The van der Waals surface area contributed by atoms with Crippen LogP contribution in [0.4, 0.5) is 5.69 Å². The zero-order chi connectivity index (χ0) is 18.1. The topological polar surface area (TPSA) is 45.2 Å². The molecule has 2 aliphatic heterocycles. The fraction of sp³-hybridized carbons (Fsp3) is 0.318. The van der Waals surface area contributed by atoms with E-state index in [0.717, 1.165) is 44.8 Å². The number of nitrogens with zero attached hydrogens (tertiary/aromatic N) is 5. The summed E-state index contributed by atoms with van der Waals surface area (Å²) in [6.45, 7) is 4.94. The second-order valence-electron chi connectivity index (χ2n) is 7.65. The molecular formula is C22H23N5. The molecule has 1 unspecified atom stereocenters. The van der Waals surface area contributed by atoms with Gasteiger partial charge < -0.3 is 4.90 Å². The SMILES string of the molecule is c1ccc(CN2CCC3(C2)CN(Cc2cccnc2)c2cccnc23)nc1. The zero-order valence-corrected chi connectivity index (χ0v) is 15.3. The first-order chi connectivity index (χ1) is 13.3. The number of likely N-dealkylation sites (tertiary alicyclic amines) is 1. The molecule has 0 radical (unpaired) electrons. The van der Waals surface area contributed by atoms with Gasteiger partial charge in [0.2, 0.25) is 0 Å². The van der Waals surface area contributed by atoms with Crippen LogP contribution >= 0.6 is 0 Å². The number of hydrogen-bond donors (Lipinski definition) is 0. The normalized spacial score (nSPS) is 21.7. The van der Waals surface area contributed by atoms with E-state index in [1.165, 1.54) is 16.9 Å². The molecule has 0 aliphatic carbocycles. The van der Waals surface area contributed by atoms with Crippen LogP contribution in [0.1, 0.15) is 23.4 Å². The molecule has 136 valence electrons. The number of fused-ring (bicyclic) bond motifs is 2. The molecule has 0 saturated carbocycles.